The van der Waals surface area contributed by atoms with Crippen LogP contribution in [0.5, 0.6) is 5.75 Å². The molecule has 0 aliphatic rings. The van der Waals surface area contributed by atoms with Crippen molar-refractivity contribution < 1.29 is 5.11 Å². The molecule has 1 heteroatoms. The van der Waals surface area contributed by atoms with Gasteiger partial charge in [-0.3, -0.25) is 0 Å². The lowest BCUT2D eigenvalue weighted by atomic mass is 10.2. The second kappa shape index (κ2) is 29.4. The lowest BCUT2D eigenvalue weighted by Gasteiger charge is -1.89. The molecule has 0 heterocycles. The highest BCUT2D eigenvalue weighted by atomic mass is 16.3. The Morgan fingerprint density at radius 3 is 1.18 bits per heavy atom. The van der Waals surface area contributed by atoms with E-state index in [2.05, 4.69) is 13.8 Å². The lowest BCUT2D eigenvalue weighted by molar-refractivity contribution is 0.475. The predicted molar refractivity (Wildman–Crippen MR) is 82.9 cm³/mol. The van der Waals surface area contributed by atoms with Gasteiger partial charge in [-0.1, -0.05) is 79.5 Å². The Balaban J connectivity index is -0.0000000801. The monoisotopic (exact) mass is 242 g/mol. The number of aromatic hydroxyl groups is 1. The molecule has 0 radical (unpaired) electrons. The lowest BCUT2D eigenvalue weighted by Crippen LogP contribution is -1.66. The summed E-state index contributed by atoms with van der Waals surface area (Å²) in [7, 11) is 0. The zero-order valence-electron chi connectivity index (χ0n) is 13.5. The molecule has 1 nitrogen and oxygen atoms in total. The van der Waals surface area contributed by atoms with Gasteiger partial charge in [0, 0.05) is 0 Å². The van der Waals surface area contributed by atoms with Crippen LogP contribution in [0.2, 0.25) is 0 Å². The number of hydrogen-bond acceptors (Lipinski definition) is 1. The zero-order chi connectivity index (χ0) is 14.7. The summed E-state index contributed by atoms with van der Waals surface area (Å²) in [5.41, 5.74) is 1.17. The van der Waals surface area contributed by atoms with Crippen molar-refractivity contribution in [2.24, 2.45) is 0 Å². The van der Waals surface area contributed by atoms with Crippen molar-refractivity contribution in [1.29, 1.82) is 0 Å². The molecule has 0 fully saturated rings. The molecule has 0 saturated heterocycles. The molecule has 0 aliphatic carbocycles. The van der Waals surface area contributed by atoms with E-state index in [0.717, 1.165) is 0 Å². The highest BCUT2D eigenvalue weighted by molar-refractivity contribution is 5.24. The van der Waals surface area contributed by atoms with Crippen molar-refractivity contribution in [3.8, 4) is 5.75 Å². The molecule has 0 aliphatic heterocycles. The number of benzene rings is 1. The molecule has 0 atom stereocenters. The Kier molecular flexibility index (Phi) is 43.3. The van der Waals surface area contributed by atoms with E-state index in [0.29, 0.717) is 5.75 Å². The van der Waals surface area contributed by atoms with E-state index in [-0.39, 0.29) is 0 Å². The Hall–Kier alpha value is -0.980. The Labute approximate surface area is 110 Å². The largest absolute Gasteiger partial charge is 0.508 e. The van der Waals surface area contributed by atoms with Crippen LogP contribution in [0.1, 0.15) is 67.4 Å². The number of aryl methyl sites for hydroxylation is 1. The second-order valence-corrected chi connectivity index (χ2v) is 2.54. The molecule has 1 aromatic rings. The molecule has 0 unspecified atom stereocenters. The summed E-state index contributed by atoms with van der Waals surface area (Å²) in [6, 6.07) is 7.09. The average molecular weight is 242 g/mol. The molecule has 1 rings (SSSR count). The van der Waals surface area contributed by atoms with Crippen LogP contribution in [0, 0.1) is 6.92 Å². The van der Waals surface area contributed by atoms with Crippen LogP contribution in [0.4, 0.5) is 0 Å². The Bertz CT molecular complexity index is 156. The third-order valence-electron chi connectivity index (χ3n) is 1.03. The molecule has 17 heavy (non-hydrogen) atoms. The SMILES string of the molecule is CC.CC.CC.CCC.Cc1ccc(O)cc1. The molecule has 104 valence electrons. The quantitative estimate of drug-likeness (QED) is 0.574. The molecule has 1 N–H and O–H groups in total. The topological polar surface area (TPSA) is 20.2 Å². The van der Waals surface area contributed by atoms with E-state index in [9.17, 15) is 0 Å². The fraction of sp³-hybridized carbons (Fsp3) is 0.625. The number of hydrogen-bond donors (Lipinski definition) is 1. The third kappa shape index (κ3) is 31.3. The van der Waals surface area contributed by atoms with E-state index in [1.807, 2.05) is 60.6 Å². The van der Waals surface area contributed by atoms with E-state index < -0.39 is 0 Å². The molecule has 0 spiro atoms. The summed E-state index contributed by atoms with van der Waals surface area (Å²) in [5, 5.41) is 8.76. The van der Waals surface area contributed by atoms with Crippen LogP contribution in [-0.4, -0.2) is 5.11 Å². The predicted octanol–water partition coefficient (Wildman–Crippen LogP) is 6.20. The molecule has 1 aromatic carbocycles. The number of phenolic OH excluding ortho intramolecular Hbond substituents is 1. The summed E-state index contributed by atoms with van der Waals surface area (Å²) in [6.07, 6.45) is 1.25. The average Bonchev–Trinajstić information content (AvgIpc) is 2.41. The van der Waals surface area contributed by atoms with Gasteiger partial charge in [0.1, 0.15) is 5.75 Å². The second-order valence-electron chi connectivity index (χ2n) is 2.54. The highest BCUT2D eigenvalue weighted by Crippen LogP contribution is 2.07. The maximum Gasteiger partial charge on any atom is 0.115 e. The van der Waals surface area contributed by atoms with Gasteiger partial charge < -0.3 is 5.11 Å². The molecule has 0 bridgehead atoms. The van der Waals surface area contributed by atoms with Gasteiger partial charge in [0.2, 0.25) is 0 Å². The van der Waals surface area contributed by atoms with E-state index in [1.54, 1.807) is 12.1 Å². The van der Waals surface area contributed by atoms with E-state index in [1.165, 1.54) is 12.0 Å². The summed E-state index contributed by atoms with van der Waals surface area (Å²) in [4.78, 5) is 0. The van der Waals surface area contributed by atoms with Crippen molar-refractivity contribution in [3.63, 3.8) is 0 Å². The first-order valence-electron chi connectivity index (χ1n) is 6.96. The van der Waals surface area contributed by atoms with Crippen LogP contribution >= 0.6 is 0 Å². The first-order valence-corrected chi connectivity index (χ1v) is 6.96. The minimum absolute atomic E-state index is 0.329. The van der Waals surface area contributed by atoms with Gasteiger partial charge in [0.15, 0.2) is 0 Å². The standard InChI is InChI=1S/C7H8O.C3H8.3C2H6/c1-6-2-4-7(8)5-3-6;1-3-2;3*1-2/h2-5,8H,1H3;3H2,1-2H3;3*1-2H3. The Morgan fingerprint density at radius 1 is 0.765 bits per heavy atom. The molecule has 0 saturated carbocycles. The molecule has 0 aromatic heterocycles. The van der Waals surface area contributed by atoms with Crippen molar-refractivity contribution in [3.05, 3.63) is 29.8 Å². The fourth-order valence-electron chi connectivity index (χ4n) is 0.545. The zero-order valence-corrected chi connectivity index (χ0v) is 13.5. The minimum atomic E-state index is 0.329. The summed E-state index contributed by atoms with van der Waals surface area (Å²) >= 11 is 0. The van der Waals surface area contributed by atoms with E-state index >= 15 is 0 Å². The summed E-state index contributed by atoms with van der Waals surface area (Å²) in [6.45, 7) is 18.2. The number of phenols is 1. The van der Waals surface area contributed by atoms with Crippen LogP contribution in [0.3, 0.4) is 0 Å². The third-order valence-corrected chi connectivity index (χ3v) is 1.03. The summed E-state index contributed by atoms with van der Waals surface area (Å²) in [5.74, 6) is 0.329. The van der Waals surface area contributed by atoms with Gasteiger partial charge in [-0.2, -0.15) is 0 Å². The van der Waals surface area contributed by atoms with Crippen molar-refractivity contribution in [2.45, 2.75) is 68.7 Å². The van der Waals surface area contributed by atoms with Gasteiger partial charge in [-0.15, -0.1) is 0 Å². The summed E-state index contributed by atoms with van der Waals surface area (Å²) < 4.78 is 0. The van der Waals surface area contributed by atoms with Gasteiger partial charge in [-0.25, -0.2) is 0 Å². The van der Waals surface area contributed by atoms with Gasteiger partial charge in [0.25, 0.3) is 0 Å². The number of rotatable bonds is 0. The van der Waals surface area contributed by atoms with Crippen molar-refractivity contribution >= 4 is 0 Å². The smallest absolute Gasteiger partial charge is 0.115 e. The molecular formula is C16H34O. The fourth-order valence-corrected chi connectivity index (χ4v) is 0.545. The minimum Gasteiger partial charge on any atom is -0.508 e. The van der Waals surface area contributed by atoms with Crippen LogP contribution in [-0.2, 0) is 0 Å². The maximum atomic E-state index is 8.76. The van der Waals surface area contributed by atoms with Crippen molar-refractivity contribution in [1.82, 2.24) is 0 Å². The van der Waals surface area contributed by atoms with Gasteiger partial charge in [-0.05, 0) is 19.1 Å². The van der Waals surface area contributed by atoms with Crippen LogP contribution in [0.15, 0.2) is 24.3 Å². The van der Waals surface area contributed by atoms with Crippen LogP contribution in [0.25, 0.3) is 0 Å². The van der Waals surface area contributed by atoms with Gasteiger partial charge in [0.05, 0.1) is 0 Å². The highest BCUT2D eigenvalue weighted by Gasteiger charge is 1.82. The van der Waals surface area contributed by atoms with Gasteiger partial charge >= 0.3 is 0 Å². The molecule has 0 amide bonds. The normalized spacial score (nSPS) is 6.41. The maximum absolute atomic E-state index is 8.76. The molecular weight excluding hydrogens is 208 g/mol. The van der Waals surface area contributed by atoms with Crippen molar-refractivity contribution in [2.75, 3.05) is 0 Å². The van der Waals surface area contributed by atoms with Crippen LogP contribution < -0.4 is 0 Å². The Morgan fingerprint density at radius 2 is 1.00 bits per heavy atom. The first-order chi connectivity index (χ1) is 8.20. The first kappa shape index (κ1) is 25.0. The van der Waals surface area contributed by atoms with E-state index in [4.69, 9.17) is 5.11 Å².